The van der Waals surface area contributed by atoms with Crippen LogP contribution in [0.2, 0.25) is 0 Å². The molecule has 0 saturated carbocycles. The van der Waals surface area contributed by atoms with E-state index >= 15 is 0 Å². The lowest BCUT2D eigenvalue weighted by atomic mass is 10.1. The van der Waals surface area contributed by atoms with E-state index in [1.54, 1.807) is 31.5 Å². The van der Waals surface area contributed by atoms with Crippen LogP contribution in [0.3, 0.4) is 0 Å². The van der Waals surface area contributed by atoms with Crippen LogP contribution in [0.15, 0.2) is 41.0 Å². The highest BCUT2D eigenvalue weighted by molar-refractivity contribution is 9.10. The van der Waals surface area contributed by atoms with Gasteiger partial charge < -0.3 is 10.1 Å². The summed E-state index contributed by atoms with van der Waals surface area (Å²) in [5, 5.41) is 2.73. The molecule has 0 saturated heterocycles. The van der Waals surface area contributed by atoms with Gasteiger partial charge in [-0.25, -0.2) is 4.98 Å². The summed E-state index contributed by atoms with van der Waals surface area (Å²) in [5.41, 5.74) is 1.52. The number of halogens is 1. The normalized spacial score (nSPS) is 10.1. The molecular weight excluding hydrogens is 308 g/mol. The summed E-state index contributed by atoms with van der Waals surface area (Å²) in [6.07, 6.45) is 1.63. The van der Waals surface area contributed by atoms with Crippen molar-refractivity contribution in [1.29, 1.82) is 0 Å². The van der Waals surface area contributed by atoms with Gasteiger partial charge >= 0.3 is 0 Å². The number of ether oxygens (including phenoxy) is 1. The molecule has 0 fully saturated rings. The lowest BCUT2D eigenvalue weighted by molar-refractivity contribution is 0.102. The summed E-state index contributed by atoms with van der Waals surface area (Å²) in [5.74, 6) is 0.984. The molecule has 1 aromatic heterocycles. The largest absolute Gasteiger partial charge is 0.496 e. The maximum absolute atomic E-state index is 12.1. The lowest BCUT2D eigenvalue weighted by Crippen LogP contribution is -2.13. The summed E-state index contributed by atoms with van der Waals surface area (Å²) in [4.78, 5) is 16.2. The fraction of sp³-hybridized carbons (Fsp3) is 0.143. The van der Waals surface area contributed by atoms with Crippen LogP contribution in [0.5, 0.6) is 5.75 Å². The smallest absolute Gasteiger partial charge is 0.256 e. The van der Waals surface area contributed by atoms with Gasteiger partial charge in [0.25, 0.3) is 5.91 Å². The van der Waals surface area contributed by atoms with E-state index < -0.39 is 0 Å². The number of anilines is 1. The first-order valence-electron chi connectivity index (χ1n) is 5.67. The second-order valence-electron chi connectivity index (χ2n) is 4.00. The summed E-state index contributed by atoms with van der Waals surface area (Å²) in [6.45, 7) is 1.93. The second-order valence-corrected chi connectivity index (χ2v) is 4.92. The number of aromatic nitrogens is 1. The van der Waals surface area contributed by atoms with E-state index in [4.69, 9.17) is 4.74 Å². The third-order valence-electron chi connectivity index (χ3n) is 2.64. The average Bonchev–Trinajstić information content (AvgIpc) is 2.42. The fourth-order valence-corrected chi connectivity index (χ4v) is 1.83. The molecule has 0 radical (unpaired) electrons. The third-order valence-corrected chi connectivity index (χ3v) is 3.11. The Kier molecular flexibility index (Phi) is 4.16. The molecule has 19 heavy (non-hydrogen) atoms. The van der Waals surface area contributed by atoms with Crippen LogP contribution in [0.4, 0.5) is 5.82 Å². The van der Waals surface area contributed by atoms with Crippen LogP contribution in [0.1, 0.15) is 15.9 Å². The molecular formula is C14H13BrN2O2. The van der Waals surface area contributed by atoms with Crippen molar-refractivity contribution < 1.29 is 9.53 Å². The van der Waals surface area contributed by atoms with Gasteiger partial charge in [-0.2, -0.15) is 0 Å². The van der Waals surface area contributed by atoms with Crippen LogP contribution in [0.25, 0.3) is 0 Å². The Morgan fingerprint density at radius 2 is 2.11 bits per heavy atom. The SMILES string of the molecule is COc1cc(C(=O)Nc2ccc(Br)cn2)ccc1C. The first kappa shape index (κ1) is 13.5. The predicted molar refractivity (Wildman–Crippen MR) is 77.6 cm³/mol. The van der Waals surface area contributed by atoms with Crippen molar-refractivity contribution in [2.24, 2.45) is 0 Å². The van der Waals surface area contributed by atoms with Crippen LogP contribution < -0.4 is 10.1 Å². The third kappa shape index (κ3) is 3.32. The van der Waals surface area contributed by atoms with Gasteiger partial charge in [-0.1, -0.05) is 6.07 Å². The maximum atomic E-state index is 12.1. The van der Waals surface area contributed by atoms with E-state index in [1.807, 2.05) is 19.1 Å². The minimum absolute atomic E-state index is 0.215. The molecule has 2 rings (SSSR count). The first-order chi connectivity index (χ1) is 9.10. The molecule has 1 aromatic carbocycles. The minimum atomic E-state index is -0.215. The lowest BCUT2D eigenvalue weighted by Gasteiger charge is -2.08. The number of nitrogens with one attached hydrogen (secondary N) is 1. The van der Waals surface area contributed by atoms with Gasteiger partial charge in [0.2, 0.25) is 0 Å². The number of hydrogen-bond donors (Lipinski definition) is 1. The van der Waals surface area contributed by atoms with E-state index in [2.05, 4.69) is 26.2 Å². The Morgan fingerprint density at radius 1 is 1.32 bits per heavy atom. The first-order valence-corrected chi connectivity index (χ1v) is 6.47. The van der Waals surface area contributed by atoms with Gasteiger partial charge in [0.05, 0.1) is 7.11 Å². The number of pyridine rings is 1. The van der Waals surface area contributed by atoms with Gasteiger partial charge in [0.1, 0.15) is 11.6 Å². The molecule has 98 valence electrons. The van der Waals surface area contributed by atoms with Gasteiger partial charge in [0.15, 0.2) is 0 Å². The number of benzene rings is 1. The van der Waals surface area contributed by atoms with Crippen molar-refractivity contribution in [1.82, 2.24) is 4.98 Å². The summed E-state index contributed by atoms with van der Waals surface area (Å²) in [7, 11) is 1.58. The maximum Gasteiger partial charge on any atom is 0.256 e. The molecule has 5 heteroatoms. The molecule has 1 heterocycles. The highest BCUT2D eigenvalue weighted by Gasteiger charge is 2.09. The van der Waals surface area contributed by atoms with Crippen molar-refractivity contribution >= 4 is 27.7 Å². The summed E-state index contributed by atoms with van der Waals surface area (Å²) >= 11 is 3.29. The Bertz CT molecular complexity index is 597. The Hall–Kier alpha value is -1.88. The molecule has 0 atom stereocenters. The number of aryl methyl sites for hydroxylation is 1. The molecule has 0 aliphatic heterocycles. The van der Waals surface area contributed by atoms with E-state index in [1.165, 1.54) is 0 Å². The molecule has 0 bridgehead atoms. The number of carbonyl (C=O) groups excluding carboxylic acids is 1. The number of nitrogens with zero attached hydrogens (tertiary/aromatic N) is 1. The fourth-order valence-electron chi connectivity index (χ4n) is 1.60. The average molecular weight is 321 g/mol. The zero-order valence-electron chi connectivity index (χ0n) is 10.6. The van der Waals surface area contributed by atoms with Gasteiger partial charge in [-0.05, 0) is 52.7 Å². The van der Waals surface area contributed by atoms with Crippen LogP contribution in [-0.4, -0.2) is 18.0 Å². The van der Waals surface area contributed by atoms with Crippen molar-refractivity contribution in [2.75, 3.05) is 12.4 Å². The van der Waals surface area contributed by atoms with Crippen molar-refractivity contribution in [3.63, 3.8) is 0 Å². The molecule has 0 unspecified atom stereocenters. The van der Waals surface area contributed by atoms with E-state index in [-0.39, 0.29) is 5.91 Å². The Labute approximate surface area is 119 Å². The van der Waals surface area contributed by atoms with Crippen LogP contribution in [-0.2, 0) is 0 Å². The molecule has 0 aliphatic carbocycles. The van der Waals surface area contributed by atoms with E-state index in [0.29, 0.717) is 17.1 Å². The highest BCUT2D eigenvalue weighted by atomic mass is 79.9. The van der Waals surface area contributed by atoms with Crippen LogP contribution >= 0.6 is 15.9 Å². The summed E-state index contributed by atoms with van der Waals surface area (Å²) in [6, 6.07) is 8.87. The van der Waals surface area contributed by atoms with Crippen LogP contribution in [0, 0.1) is 6.92 Å². The number of amides is 1. The van der Waals surface area contributed by atoms with Crippen molar-refractivity contribution in [2.45, 2.75) is 6.92 Å². The zero-order valence-corrected chi connectivity index (χ0v) is 12.2. The predicted octanol–water partition coefficient (Wildman–Crippen LogP) is 3.41. The quantitative estimate of drug-likeness (QED) is 0.942. The summed E-state index contributed by atoms with van der Waals surface area (Å²) < 4.78 is 6.06. The van der Waals surface area contributed by atoms with Gasteiger partial charge in [-0.3, -0.25) is 4.79 Å². The molecule has 2 aromatic rings. The number of methoxy groups -OCH3 is 1. The topological polar surface area (TPSA) is 51.2 Å². The monoisotopic (exact) mass is 320 g/mol. The van der Waals surface area contributed by atoms with Gasteiger partial charge in [0, 0.05) is 16.2 Å². The second kappa shape index (κ2) is 5.84. The molecule has 1 amide bonds. The number of hydrogen-bond acceptors (Lipinski definition) is 3. The van der Waals surface area contributed by atoms with Gasteiger partial charge in [-0.15, -0.1) is 0 Å². The Morgan fingerprint density at radius 3 is 2.74 bits per heavy atom. The molecule has 1 N–H and O–H groups in total. The number of rotatable bonds is 3. The van der Waals surface area contributed by atoms with Crippen molar-refractivity contribution in [3.8, 4) is 5.75 Å². The molecule has 0 spiro atoms. The standard InChI is InChI=1S/C14H13BrN2O2/c1-9-3-4-10(7-12(9)19-2)14(18)17-13-6-5-11(15)8-16-13/h3-8H,1-2H3,(H,16,17,18). The number of carbonyl (C=O) groups is 1. The van der Waals surface area contributed by atoms with E-state index in [9.17, 15) is 4.79 Å². The Balaban J connectivity index is 2.18. The highest BCUT2D eigenvalue weighted by Crippen LogP contribution is 2.19. The zero-order chi connectivity index (χ0) is 13.8. The minimum Gasteiger partial charge on any atom is -0.496 e. The molecule has 0 aliphatic rings. The molecule has 4 nitrogen and oxygen atoms in total. The van der Waals surface area contributed by atoms with E-state index in [0.717, 1.165) is 10.0 Å². The van der Waals surface area contributed by atoms with Crippen molar-refractivity contribution in [3.05, 3.63) is 52.1 Å².